The summed E-state index contributed by atoms with van der Waals surface area (Å²) in [6.07, 6.45) is 1.32. The van der Waals surface area contributed by atoms with Crippen molar-refractivity contribution in [3.05, 3.63) is 33.9 Å². The SMILES string of the molecule is CNC(Cc1ccc(S(N)(=O)=O)cc1[N+](=O)[O-])CC(C)C. The van der Waals surface area contributed by atoms with Crippen molar-refractivity contribution >= 4 is 15.7 Å². The third-order valence-corrected chi connectivity index (χ3v) is 4.12. The number of nitro groups is 1. The smallest absolute Gasteiger partial charge is 0.273 e. The van der Waals surface area contributed by atoms with Gasteiger partial charge >= 0.3 is 0 Å². The van der Waals surface area contributed by atoms with Gasteiger partial charge in [0.05, 0.1) is 9.82 Å². The third kappa shape index (κ3) is 5.07. The van der Waals surface area contributed by atoms with Gasteiger partial charge in [0.25, 0.3) is 5.69 Å². The molecule has 0 aliphatic rings. The maximum absolute atomic E-state index is 11.3. The summed E-state index contributed by atoms with van der Waals surface area (Å²) in [5, 5.41) is 19.3. The van der Waals surface area contributed by atoms with Crippen LogP contribution in [0.2, 0.25) is 0 Å². The Bertz CT molecular complexity index is 614. The van der Waals surface area contributed by atoms with Crippen LogP contribution in [0.3, 0.4) is 0 Å². The second-order valence-electron chi connectivity index (χ2n) is 5.41. The molecule has 0 aromatic heterocycles. The molecule has 0 aliphatic carbocycles. The summed E-state index contributed by atoms with van der Waals surface area (Å²) >= 11 is 0. The highest BCUT2D eigenvalue weighted by atomic mass is 32.2. The van der Waals surface area contributed by atoms with Gasteiger partial charge in [-0.15, -0.1) is 0 Å². The molecule has 7 nitrogen and oxygen atoms in total. The molecule has 0 spiro atoms. The molecule has 0 aliphatic heterocycles. The zero-order chi connectivity index (χ0) is 16.2. The molecule has 0 fully saturated rings. The predicted molar refractivity (Wildman–Crippen MR) is 80.5 cm³/mol. The minimum atomic E-state index is -3.95. The number of nitrogens with one attached hydrogen (secondary N) is 1. The molecule has 1 atom stereocenters. The van der Waals surface area contributed by atoms with Gasteiger partial charge < -0.3 is 5.32 Å². The van der Waals surface area contributed by atoms with Crippen LogP contribution in [0.25, 0.3) is 0 Å². The van der Waals surface area contributed by atoms with Crippen LogP contribution in [0, 0.1) is 16.0 Å². The molecule has 0 saturated heterocycles. The number of nitro benzene ring substituents is 1. The number of nitrogens with two attached hydrogens (primary N) is 1. The van der Waals surface area contributed by atoms with Gasteiger partial charge in [-0.2, -0.15) is 0 Å². The monoisotopic (exact) mass is 315 g/mol. The second kappa shape index (κ2) is 6.97. The summed E-state index contributed by atoms with van der Waals surface area (Å²) in [7, 11) is -2.15. The first-order valence-electron chi connectivity index (χ1n) is 6.62. The van der Waals surface area contributed by atoms with E-state index in [0.29, 0.717) is 17.9 Å². The van der Waals surface area contributed by atoms with E-state index in [2.05, 4.69) is 19.2 Å². The molecule has 8 heteroatoms. The largest absolute Gasteiger partial charge is 0.317 e. The lowest BCUT2D eigenvalue weighted by atomic mass is 9.96. The molecule has 1 aromatic carbocycles. The van der Waals surface area contributed by atoms with E-state index in [1.165, 1.54) is 12.1 Å². The number of nitrogens with zero attached hydrogens (tertiary/aromatic N) is 1. The molecule has 0 amide bonds. The van der Waals surface area contributed by atoms with Gasteiger partial charge in [-0.05, 0) is 31.9 Å². The highest BCUT2D eigenvalue weighted by molar-refractivity contribution is 7.89. The van der Waals surface area contributed by atoms with E-state index < -0.39 is 14.9 Å². The van der Waals surface area contributed by atoms with Crippen molar-refractivity contribution in [2.75, 3.05) is 7.05 Å². The summed E-state index contributed by atoms with van der Waals surface area (Å²) < 4.78 is 22.6. The van der Waals surface area contributed by atoms with Gasteiger partial charge in [-0.1, -0.05) is 19.9 Å². The summed E-state index contributed by atoms with van der Waals surface area (Å²) in [6.45, 7) is 4.14. The summed E-state index contributed by atoms with van der Waals surface area (Å²) in [5.41, 5.74) is 0.276. The van der Waals surface area contributed by atoms with Crippen LogP contribution in [0.5, 0.6) is 0 Å². The van der Waals surface area contributed by atoms with Gasteiger partial charge in [0, 0.05) is 17.7 Å². The fourth-order valence-corrected chi connectivity index (χ4v) is 2.73. The quantitative estimate of drug-likeness (QED) is 0.583. The lowest BCUT2D eigenvalue weighted by Gasteiger charge is -2.18. The van der Waals surface area contributed by atoms with Crippen LogP contribution in [0.4, 0.5) is 5.69 Å². The first-order valence-corrected chi connectivity index (χ1v) is 8.17. The summed E-state index contributed by atoms with van der Waals surface area (Å²) in [6, 6.07) is 3.87. The molecule has 1 aromatic rings. The zero-order valence-electron chi connectivity index (χ0n) is 12.4. The highest BCUT2D eigenvalue weighted by Crippen LogP contribution is 2.24. The number of sulfonamides is 1. The van der Waals surface area contributed by atoms with E-state index in [4.69, 9.17) is 5.14 Å². The van der Waals surface area contributed by atoms with Crippen molar-refractivity contribution < 1.29 is 13.3 Å². The number of rotatable bonds is 7. The maximum atomic E-state index is 11.3. The molecule has 0 radical (unpaired) electrons. The minimum Gasteiger partial charge on any atom is -0.317 e. The number of hydrogen-bond acceptors (Lipinski definition) is 5. The van der Waals surface area contributed by atoms with E-state index in [1.54, 1.807) is 7.05 Å². The van der Waals surface area contributed by atoms with E-state index >= 15 is 0 Å². The van der Waals surface area contributed by atoms with Crippen molar-refractivity contribution in [3.63, 3.8) is 0 Å². The van der Waals surface area contributed by atoms with E-state index in [9.17, 15) is 18.5 Å². The Morgan fingerprint density at radius 3 is 2.43 bits per heavy atom. The standard InChI is InChI=1S/C13H21N3O4S/c1-9(2)6-11(15-3)7-10-4-5-12(21(14,19)20)8-13(10)16(17)18/h4-5,8-9,11,15H,6-7H2,1-3H3,(H2,14,19,20). The van der Waals surface area contributed by atoms with Crippen LogP contribution in [0.1, 0.15) is 25.8 Å². The predicted octanol–water partition coefficient (Wildman–Crippen LogP) is 1.42. The van der Waals surface area contributed by atoms with Gasteiger partial charge in [0.15, 0.2) is 0 Å². The zero-order valence-corrected chi connectivity index (χ0v) is 13.2. The lowest BCUT2D eigenvalue weighted by molar-refractivity contribution is -0.385. The van der Waals surface area contributed by atoms with Crippen LogP contribution in [-0.2, 0) is 16.4 Å². The van der Waals surface area contributed by atoms with Gasteiger partial charge in [0.1, 0.15) is 0 Å². The number of likely N-dealkylation sites (N-methyl/N-ethyl adjacent to an activating group) is 1. The van der Waals surface area contributed by atoms with Crippen LogP contribution in [0.15, 0.2) is 23.1 Å². The minimum absolute atomic E-state index is 0.0871. The summed E-state index contributed by atoms with van der Waals surface area (Å²) in [4.78, 5) is 10.3. The molecule has 0 heterocycles. The molecule has 1 rings (SSSR count). The van der Waals surface area contributed by atoms with Crippen molar-refractivity contribution in [1.82, 2.24) is 5.32 Å². The molecular weight excluding hydrogens is 294 g/mol. The fraction of sp³-hybridized carbons (Fsp3) is 0.538. The Labute approximate surface area is 124 Å². The molecule has 118 valence electrons. The fourth-order valence-electron chi connectivity index (χ4n) is 2.20. The molecule has 0 bridgehead atoms. The molecule has 1 unspecified atom stereocenters. The Morgan fingerprint density at radius 1 is 1.38 bits per heavy atom. The average Bonchev–Trinajstić information content (AvgIpc) is 2.36. The van der Waals surface area contributed by atoms with Crippen molar-refractivity contribution in [2.45, 2.75) is 37.6 Å². The number of benzene rings is 1. The lowest BCUT2D eigenvalue weighted by Crippen LogP contribution is -2.29. The Balaban J connectivity index is 3.15. The molecule has 21 heavy (non-hydrogen) atoms. The van der Waals surface area contributed by atoms with E-state index in [-0.39, 0.29) is 16.6 Å². The highest BCUT2D eigenvalue weighted by Gasteiger charge is 2.21. The van der Waals surface area contributed by atoms with Gasteiger partial charge in [-0.25, -0.2) is 13.6 Å². The van der Waals surface area contributed by atoms with Crippen molar-refractivity contribution in [3.8, 4) is 0 Å². The first kappa shape index (κ1) is 17.5. The van der Waals surface area contributed by atoms with Crippen LogP contribution in [-0.4, -0.2) is 26.4 Å². The first-order chi connectivity index (χ1) is 9.65. The van der Waals surface area contributed by atoms with E-state index in [1.807, 2.05) is 0 Å². The number of hydrogen-bond donors (Lipinski definition) is 2. The Morgan fingerprint density at radius 2 is 2.00 bits per heavy atom. The molecular formula is C13H21N3O4S. The Kier molecular flexibility index (Phi) is 5.82. The Hall–Kier alpha value is -1.51. The van der Waals surface area contributed by atoms with Gasteiger partial charge in [0.2, 0.25) is 10.0 Å². The van der Waals surface area contributed by atoms with E-state index in [0.717, 1.165) is 12.5 Å². The van der Waals surface area contributed by atoms with Crippen LogP contribution >= 0.6 is 0 Å². The summed E-state index contributed by atoms with van der Waals surface area (Å²) in [5.74, 6) is 0.449. The normalized spacial score (nSPS) is 13.4. The third-order valence-electron chi connectivity index (χ3n) is 3.21. The van der Waals surface area contributed by atoms with Crippen molar-refractivity contribution in [1.29, 1.82) is 0 Å². The average molecular weight is 315 g/mol. The van der Waals surface area contributed by atoms with Gasteiger partial charge in [-0.3, -0.25) is 10.1 Å². The number of primary sulfonamides is 1. The molecule has 0 saturated carbocycles. The maximum Gasteiger partial charge on any atom is 0.273 e. The second-order valence-corrected chi connectivity index (χ2v) is 6.97. The van der Waals surface area contributed by atoms with Crippen LogP contribution < -0.4 is 10.5 Å². The molecule has 3 N–H and O–H groups in total. The van der Waals surface area contributed by atoms with Crippen molar-refractivity contribution in [2.24, 2.45) is 11.1 Å². The topological polar surface area (TPSA) is 115 Å².